The second-order valence-electron chi connectivity index (χ2n) is 6.39. The number of thioether (sulfide) groups is 1. The van der Waals surface area contributed by atoms with Crippen molar-refractivity contribution in [2.75, 3.05) is 6.26 Å². The number of aliphatic imine (C=N–C) groups is 1. The van der Waals surface area contributed by atoms with Crippen molar-refractivity contribution >= 4 is 72.4 Å². The zero-order valence-corrected chi connectivity index (χ0v) is 20.1. The molecule has 28 heavy (non-hydrogen) atoms. The quantitative estimate of drug-likeness (QED) is 0.265. The van der Waals surface area contributed by atoms with Crippen LogP contribution in [0.5, 0.6) is 0 Å². The molecule has 1 amide bonds. The highest BCUT2D eigenvalue weighted by Gasteiger charge is 2.26. The van der Waals surface area contributed by atoms with E-state index in [2.05, 4.69) is 25.9 Å². The van der Waals surface area contributed by atoms with E-state index in [0.717, 1.165) is 11.3 Å². The van der Waals surface area contributed by atoms with E-state index in [1.54, 1.807) is 27.0 Å². The van der Waals surface area contributed by atoms with E-state index in [4.69, 9.17) is 22.1 Å². The van der Waals surface area contributed by atoms with Crippen LogP contribution in [0.1, 0.15) is 25.6 Å². The molecule has 12 heteroatoms. The third-order valence-corrected chi connectivity index (χ3v) is 8.51. The monoisotopic (exact) mass is 525 g/mol. The third-order valence-electron chi connectivity index (χ3n) is 3.08. The van der Waals surface area contributed by atoms with Crippen LogP contribution in [-0.2, 0) is 14.6 Å². The lowest BCUT2D eigenvalue weighted by atomic mass is 10.2. The second-order valence-corrected chi connectivity index (χ2v) is 11.6. The topological polar surface area (TPSA) is 112 Å². The van der Waals surface area contributed by atoms with Gasteiger partial charge in [-0.1, -0.05) is 11.6 Å². The lowest BCUT2D eigenvalue weighted by Gasteiger charge is -2.17. The maximum Gasteiger partial charge on any atom is 0.436 e. The van der Waals surface area contributed by atoms with Gasteiger partial charge in [0.2, 0.25) is 9.84 Å². The third kappa shape index (κ3) is 5.47. The zero-order valence-electron chi connectivity index (χ0n) is 15.3. The number of nitrogens with zero attached hydrogens (tertiary/aromatic N) is 2. The average molecular weight is 527 g/mol. The van der Waals surface area contributed by atoms with Crippen LogP contribution in [0.4, 0.5) is 4.79 Å². The molecule has 0 aliphatic carbocycles. The number of amidine groups is 1. The van der Waals surface area contributed by atoms with Crippen molar-refractivity contribution < 1.29 is 17.9 Å². The first-order chi connectivity index (χ1) is 12.8. The van der Waals surface area contributed by atoms with Gasteiger partial charge in [-0.25, -0.2) is 18.2 Å². The molecule has 2 aromatic rings. The molecular formula is C16H17BrClN3O4S3. The Morgan fingerprint density at radius 3 is 2.57 bits per heavy atom. The highest BCUT2D eigenvalue weighted by atomic mass is 79.9. The summed E-state index contributed by atoms with van der Waals surface area (Å²) in [6, 6.07) is 2.77. The van der Waals surface area contributed by atoms with Gasteiger partial charge in [0, 0.05) is 6.20 Å². The first kappa shape index (κ1) is 23.1. The highest BCUT2D eigenvalue weighted by Crippen LogP contribution is 2.37. The molecule has 0 aliphatic heterocycles. The normalized spacial score (nSPS) is 12.9. The highest BCUT2D eigenvalue weighted by molar-refractivity contribution is 9.10. The summed E-state index contributed by atoms with van der Waals surface area (Å²) in [5.41, 5.74) is 5.18. The van der Waals surface area contributed by atoms with Crippen LogP contribution in [0.15, 0.2) is 41.8 Å². The number of rotatable bonds is 4. The fourth-order valence-electron chi connectivity index (χ4n) is 1.93. The van der Waals surface area contributed by atoms with Crippen molar-refractivity contribution in [3.63, 3.8) is 0 Å². The van der Waals surface area contributed by atoms with Crippen molar-refractivity contribution in [3.05, 3.63) is 32.8 Å². The largest absolute Gasteiger partial charge is 0.442 e. The SMILES string of the molecule is CSc1sc(C(N)=NC(=O)OC(C)(C)C)cc1S(=O)(=O)c1cnc(Cl)c(Br)c1. The van der Waals surface area contributed by atoms with Gasteiger partial charge in [-0.15, -0.1) is 23.1 Å². The van der Waals surface area contributed by atoms with Gasteiger partial charge >= 0.3 is 6.09 Å². The molecule has 0 saturated heterocycles. The van der Waals surface area contributed by atoms with E-state index in [-0.39, 0.29) is 20.8 Å². The maximum absolute atomic E-state index is 13.0. The molecule has 0 atom stereocenters. The van der Waals surface area contributed by atoms with E-state index in [0.29, 0.717) is 13.6 Å². The Kier molecular flexibility index (Phi) is 7.19. The van der Waals surface area contributed by atoms with Crippen LogP contribution in [0.2, 0.25) is 5.15 Å². The minimum absolute atomic E-state index is 0.0222. The van der Waals surface area contributed by atoms with E-state index < -0.39 is 21.5 Å². The van der Waals surface area contributed by atoms with Gasteiger partial charge in [-0.2, -0.15) is 4.99 Å². The smallest absolute Gasteiger partial charge is 0.436 e. The molecule has 2 heterocycles. The van der Waals surface area contributed by atoms with Crippen molar-refractivity contribution in [1.82, 2.24) is 4.98 Å². The summed E-state index contributed by atoms with van der Waals surface area (Å²) in [5, 5.41) is 0.156. The number of carbonyl (C=O) groups excluding carboxylic acids is 1. The second kappa shape index (κ2) is 8.70. The number of amides is 1. The molecule has 0 radical (unpaired) electrons. The molecule has 2 N–H and O–H groups in total. The van der Waals surface area contributed by atoms with Gasteiger partial charge in [0.05, 0.1) is 23.4 Å². The minimum atomic E-state index is -3.88. The molecule has 0 saturated carbocycles. The molecule has 0 fully saturated rings. The summed E-state index contributed by atoms with van der Waals surface area (Å²) in [7, 11) is -3.88. The molecular weight excluding hydrogens is 510 g/mol. The van der Waals surface area contributed by atoms with Crippen LogP contribution < -0.4 is 5.73 Å². The maximum atomic E-state index is 13.0. The molecule has 0 aromatic carbocycles. The number of hydrogen-bond donors (Lipinski definition) is 1. The van der Waals surface area contributed by atoms with Crippen LogP contribution in [0.3, 0.4) is 0 Å². The summed E-state index contributed by atoms with van der Waals surface area (Å²) in [5.74, 6) is -0.119. The van der Waals surface area contributed by atoms with Crippen LogP contribution >= 0.6 is 50.6 Å². The van der Waals surface area contributed by atoms with E-state index >= 15 is 0 Å². The van der Waals surface area contributed by atoms with E-state index in [9.17, 15) is 13.2 Å². The molecule has 0 bridgehead atoms. The minimum Gasteiger partial charge on any atom is -0.442 e. The Morgan fingerprint density at radius 1 is 1.39 bits per heavy atom. The number of ether oxygens (including phenoxy) is 1. The Labute approximate surface area is 184 Å². The average Bonchev–Trinajstić information content (AvgIpc) is 3.00. The standard InChI is InChI=1S/C16H17BrClN3O4S3/c1-16(2,3)25-15(22)21-13(19)10-6-11(14(26-4)27-10)28(23,24)8-5-9(17)12(18)20-7-8/h5-7H,1-4H3,(H2,19,21,22). The zero-order chi connectivity index (χ0) is 21.3. The van der Waals surface area contributed by atoms with Gasteiger partial charge < -0.3 is 10.5 Å². The summed E-state index contributed by atoms with van der Waals surface area (Å²) in [4.78, 5) is 19.8. The van der Waals surface area contributed by atoms with Gasteiger partial charge in [0.25, 0.3) is 0 Å². The van der Waals surface area contributed by atoms with E-state index in [1.807, 2.05) is 0 Å². The van der Waals surface area contributed by atoms with Gasteiger partial charge in [-0.05, 0) is 55.1 Å². The van der Waals surface area contributed by atoms with Gasteiger partial charge in [0.1, 0.15) is 16.6 Å². The number of nitrogens with two attached hydrogens (primary N) is 1. The predicted octanol–water partition coefficient (Wildman–Crippen LogP) is 4.75. The summed E-state index contributed by atoms with van der Waals surface area (Å²) in [6.45, 7) is 5.11. The number of aromatic nitrogens is 1. The van der Waals surface area contributed by atoms with Crippen molar-refractivity contribution in [2.45, 2.75) is 40.4 Å². The molecule has 2 rings (SSSR count). The Bertz CT molecular complexity index is 1050. The Hall–Kier alpha value is -1.14. The Balaban J connectivity index is 2.46. The summed E-state index contributed by atoms with van der Waals surface area (Å²) < 4.78 is 32.0. The van der Waals surface area contributed by atoms with Crippen LogP contribution in [0, 0.1) is 0 Å². The van der Waals surface area contributed by atoms with Crippen molar-refractivity contribution in [3.8, 4) is 0 Å². The van der Waals surface area contributed by atoms with Crippen molar-refractivity contribution in [1.29, 1.82) is 0 Å². The van der Waals surface area contributed by atoms with E-state index in [1.165, 1.54) is 30.1 Å². The lowest BCUT2D eigenvalue weighted by Crippen LogP contribution is -2.24. The summed E-state index contributed by atoms with van der Waals surface area (Å²) in [6.07, 6.45) is 2.08. The number of pyridine rings is 1. The summed E-state index contributed by atoms with van der Waals surface area (Å²) >= 11 is 11.4. The number of hydrogen-bond acceptors (Lipinski definition) is 7. The van der Waals surface area contributed by atoms with Gasteiger partial charge in [-0.3, -0.25) is 0 Å². The molecule has 152 valence electrons. The number of halogens is 2. The number of carbonyl (C=O) groups is 1. The van der Waals surface area contributed by atoms with Crippen molar-refractivity contribution in [2.24, 2.45) is 10.7 Å². The first-order valence-corrected chi connectivity index (χ1v) is 12.4. The van der Waals surface area contributed by atoms with Crippen LogP contribution in [0.25, 0.3) is 0 Å². The predicted molar refractivity (Wildman–Crippen MR) is 115 cm³/mol. The molecule has 2 aromatic heterocycles. The molecule has 0 aliphatic rings. The fraction of sp³-hybridized carbons (Fsp3) is 0.312. The number of sulfone groups is 1. The molecule has 0 unspecified atom stereocenters. The van der Waals surface area contributed by atoms with Gasteiger partial charge in [0.15, 0.2) is 0 Å². The first-order valence-electron chi connectivity index (χ1n) is 7.66. The lowest BCUT2D eigenvalue weighted by molar-refractivity contribution is 0.0604. The molecule has 7 nitrogen and oxygen atoms in total. The molecule has 0 spiro atoms. The van der Waals surface area contributed by atoms with Crippen LogP contribution in [-0.4, -0.2) is 37.2 Å². The Morgan fingerprint density at radius 2 is 2.04 bits per heavy atom. The number of thiophene rings is 1. The fourth-order valence-corrected chi connectivity index (χ4v) is 6.40.